The first-order valence-electron chi connectivity index (χ1n) is 5.08. The van der Waals surface area contributed by atoms with E-state index in [4.69, 9.17) is 22.1 Å². The Kier molecular flexibility index (Phi) is 5.21. The zero-order valence-electron chi connectivity index (χ0n) is 9.44. The predicted octanol–water partition coefficient (Wildman–Crippen LogP) is 1.35. The maximum Gasteiger partial charge on any atom is 0.227 e. The van der Waals surface area contributed by atoms with Crippen molar-refractivity contribution >= 4 is 23.2 Å². The van der Waals surface area contributed by atoms with E-state index in [9.17, 15) is 9.90 Å². The maximum atomic E-state index is 11.6. The Bertz CT molecular complexity index is 394. The summed E-state index contributed by atoms with van der Waals surface area (Å²) in [6.45, 7) is 0.278. The standard InChI is InChI=1S/C11H15ClN2O3/c1-17-8(6-13)5-11(16)14-7-2-3-10(15)9(12)4-7/h2-4,8,15H,5-6,13H2,1H3,(H,14,16). The van der Waals surface area contributed by atoms with Crippen LogP contribution in [0.1, 0.15) is 6.42 Å². The summed E-state index contributed by atoms with van der Waals surface area (Å²) in [4.78, 5) is 11.6. The molecule has 4 N–H and O–H groups in total. The smallest absolute Gasteiger partial charge is 0.227 e. The molecule has 0 bridgehead atoms. The van der Waals surface area contributed by atoms with Gasteiger partial charge in [0.25, 0.3) is 0 Å². The molecule has 0 radical (unpaired) electrons. The Hall–Kier alpha value is -1.30. The van der Waals surface area contributed by atoms with Crippen LogP contribution in [0.2, 0.25) is 5.02 Å². The van der Waals surface area contributed by atoms with Crippen LogP contribution in [-0.4, -0.2) is 30.8 Å². The van der Waals surface area contributed by atoms with Crippen LogP contribution >= 0.6 is 11.6 Å². The van der Waals surface area contributed by atoms with Gasteiger partial charge < -0.3 is 20.9 Å². The van der Waals surface area contributed by atoms with E-state index in [1.54, 1.807) is 6.07 Å². The molecule has 1 aromatic rings. The highest BCUT2D eigenvalue weighted by molar-refractivity contribution is 6.32. The summed E-state index contributed by atoms with van der Waals surface area (Å²) in [5.41, 5.74) is 5.93. The van der Waals surface area contributed by atoms with Crippen LogP contribution < -0.4 is 11.1 Å². The van der Waals surface area contributed by atoms with E-state index < -0.39 is 0 Å². The molecule has 0 aliphatic rings. The third kappa shape index (κ3) is 4.22. The molecule has 0 aliphatic carbocycles. The number of phenolic OH excluding ortho intramolecular Hbond substituents is 1. The van der Waals surface area contributed by atoms with Crippen LogP contribution in [-0.2, 0) is 9.53 Å². The largest absolute Gasteiger partial charge is 0.506 e. The normalized spacial score (nSPS) is 12.2. The number of carbonyl (C=O) groups excluding carboxylic acids is 1. The first-order valence-corrected chi connectivity index (χ1v) is 5.45. The summed E-state index contributed by atoms with van der Waals surface area (Å²) in [5.74, 6) is -0.245. The zero-order chi connectivity index (χ0) is 12.8. The molecule has 0 spiro atoms. The van der Waals surface area contributed by atoms with Gasteiger partial charge in [-0.2, -0.15) is 0 Å². The van der Waals surface area contributed by atoms with E-state index >= 15 is 0 Å². The van der Waals surface area contributed by atoms with Crippen LogP contribution in [0.3, 0.4) is 0 Å². The monoisotopic (exact) mass is 258 g/mol. The number of halogens is 1. The molecular weight excluding hydrogens is 244 g/mol. The average molecular weight is 259 g/mol. The summed E-state index contributed by atoms with van der Waals surface area (Å²) < 4.78 is 5.00. The van der Waals surface area contributed by atoms with E-state index in [2.05, 4.69) is 5.32 Å². The molecule has 94 valence electrons. The molecule has 17 heavy (non-hydrogen) atoms. The van der Waals surface area contributed by atoms with Crippen molar-refractivity contribution in [2.45, 2.75) is 12.5 Å². The van der Waals surface area contributed by atoms with Crippen molar-refractivity contribution in [2.24, 2.45) is 5.73 Å². The molecule has 1 amide bonds. The Morgan fingerprint density at radius 2 is 2.35 bits per heavy atom. The van der Waals surface area contributed by atoms with Crippen LogP contribution in [0, 0.1) is 0 Å². The minimum absolute atomic E-state index is 0.0265. The number of hydrogen-bond acceptors (Lipinski definition) is 4. The lowest BCUT2D eigenvalue weighted by atomic mass is 10.2. The number of rotatable bonds is 5. The summed E-state index contributed by atoms with van der Waals surface area (Å²) >= 11 is 5.71. The molecule has 0 aromatic heterocycles. The van der Waals surface area contributed by atoms with Gasteiger partial charge in [0.15, 0.2) is 0 Å². The number of hydrogen-bond donors (Lipinski definition) is 3. The van der Waals surface area contributed by atoms with Crippen LogP contribution in [0.4, 0.5) is 5.69 Å². The number of methoxy groups -OCH3 is 1. The lowest BCUT2D eigenvalue weighted by Gasteiger charge is -2.12. The van der Waals surface area contributed by atoms with Crippen LogP contribution in [0.25, 0.3) is 0 Å². The predicted molar refractivity (Wildman–Crippen MR) is 66.2 cm³/mol. The van der Waals surface area contributed by atoms with E-state index in [-0.39, 0.29) is 35.7 Å². The lowest BCUT2D eigenvalue weighted by Crippen LogP contribution is -2.28. The second-order valence-electron chi connectivity index (χ2n) is 3.51. The number of nitrogens with one attached hydrogen (secondary N) is 1. The van der Waals surface area contributed by atoms with Gasteiger partial charge >= 0.3 is 0 Å². The molecule has 1 aromatic carbocycles. The number of carbonyl (C=O) groups is 1. The number of amides is 1. The second kappa shape index (κ2) is 6.44. The van der Waals surface area contributed by atoms with E-state index in [0.717, 1.165) is 0 Å². The first kappa shape index (κ1) is 13.8. The highest BCUT2D eigenvalue weighted by Gasteiger charge is 2.11. The topological polar surface area (TPSA) is 84.6 Å². The number of nitrogens with two attached hydrogens (primary N) is 1. The Balaban J connectivity index is 2.58. The van der Waals surface area contributed by atoms with Gasteiger partial charge in [0, 0.05) is 19.3 Å². The molecule has 0 aliphatic heterocycles. The summed E-state index contributed by atoms with van der Waals surface area (Å²) in [6, 6.07) is 4.44. The maximum absolute atomic E-state index is 11.6. The van der Waals surface area contributed by atoms with Crippen molar-refractivity contribution in [1.29, 1.82) is 0 Å². The van der Waals surface area contributed by atoms with Crippen molar-refractivity contribution in [3.8, 4) is 5.75 Å². The highest BCUT2D eigenvalue weighted by Crippen LogP contribution is 2.26. The third-order valence-corrected chi connectivity index (χ3v) is 2.54. The van der Waals surface area contributed by atoms with E-state index in [1.165, 1.54) is 19.2 Å². The molecule has 1 unspecified atom stereocenters. The van der Waals surface area contributed by atoms with Crippen molar-refractivity contribution in [2.75, 3.05) is 19.0 Å². The lowest BCUT2D eigenvalue weighted by molar-refractivity contribution is -0.118. The van der Waals surface area contributed by atoms with E-state index in [1.807, 2.05) is 0 Å². The number of benzene rings is 1. The molecule has 0 fully saturated rings. The number of anilines is 1. The second-order valence-corrected chi connectivity index (χ2v) is 3.92. The fraction of sp³-hybridized carbons (Fsp3) is 0.364. The SMILES string of the molecule is COC(CN)CC(=O)Nc1ccc(O)c(Cl)c1. The van der Waals surface area contributed by atoms with Crippen molar-refractivity contribution in [3.63, 3.8) is 0 Å². The van der Waals surface area contributed by atoms with Crippen molar-refractivity contribution in [1.82, 2.24) is 0 Å². The van der Waals surface area contributed by atoms with Crippen molar-refractivity contribution in [3.05, 3.63) is 23.2 Å². The zero-order valence-corrected chi connectivity index (χ0v) is 10.2. The molecule has 1 atom stereocenters. The molecule has 1 rings (SSSR count). The first-order chi connectivity index (χ1) is 8.06. The molecule has 6 heteroatoms. The van der Waals surface area contributed by atoms with Crippen LogP contribution in [0.15, 0.2) is 18.2 Å². The molecule has 5 nitrogen and oxygen atoms in total. The van der Waals surface area contributed by atoms with Gasteiger partial charge in [-0.3, -0.25) is 4.79 Å². The number of ether oxygens (including phenoxy) is 1. The Labute approximate surface area is 105 Å². The van der Waals surface area contributed by atoms with Gasteiger partial charge in [-0.25, -0.2) is 0 Å². The molecular formula is C11H15ClN2O3. The van der Waals surface area contributed by atoms with Gasteiger partial charge in [0.1, 0.15) is 5.75 Å². The van der Waals surface area contributed by atoms with Gasteiger partial charge in [-0.15, -0.1) is 0 Å². The van der Waals surface area contributed by atoms with Gasteiger partial charge in [0.05, 0.1) is 17.5 Å². The molecule has 0 saturated carbocycles. The fourth-order valence-corrected chi connectivity index (χ4v) is 1.45. The average Bonchev–Trinajstić information content (AvgIpc) is 2.31. The van der Waals surface area contributed by atoms with Gasteiger partial charge in [-0.05, 0) is 18.2 Å². The molecule has 0 heterocycles. The highest BCUT2D eigenvalue weighted by atomic mass is 35.5. The van der Waals surface area contributed by atoms with E-state index in [0.29, 0.717) is 5.69 Å². The summed E-state index contributed by atoms with van der Waals surface area (Å²) in [7, 11) is 1.50. The molecule has 0 saturated heterocycles. The van der Waals surface area contributed by atoms with Gasteiger partial charge in [-0.1, -0.05) is 11.6 Å². The van der Waals surface area contributed by atoms with Gasteiger partial charge in [0.2, 0.25) is 5.91 Å². The number of aromatic hydroxyl groups is 1. The summed E-state index contributed by atoms with van der Waals surface area (Å²) in [5, 5.41) is 12.0. The quantitative estimate of drug-likeness (QED) is 0.696. The number of phenols is 1. The summed E-state index contributed by atoms with van der Waals surface area (Å²) in [6.07, 6.45) is -0.131. The Morgan fingerprint density at radius 3 is 2.88 bits per heavy atom. The minimum atomic E-state index is -0.303. The third-order valence-electron chi connectivity index (χ3n) is 2.24. The fourth-order valence-electron chi connectivity index (χ4n) is 1.27. The van der Waals surface area contributed by atoms with Crippen molar-refractivity contribution < 1.29 is 14.6 Å². The minimum Gasteiger partial charge on any atom is -0.506 e. The Morgan fingerprint density at radius 1 is 1.65 bits per heavy atom. The van der Waals surface area contributed by atoms with Crippen LogP contribution in [0.5, 0.6) is 5.75 Å².